The highest BCUT2D eigenvalue weighted by molar-refractivity contribution is 8.16. The molecule has 0 atom stereocenters. The Hall–Kier alpha value is -0.670. The predicted molar refractivity (Wildman–Crippen MR) is 54.1 cm³/mol. The van der Waals surface area contributed by atoms with Crippen LogP contribution in [-0.2, 0) is 0 Å². The zero-order valence-corrected chi connectivity index (χ0v) is 7.82. The molecule has 0 spiro atoms. The largest absolute Gasteiger partial charge is 0.311 e. The molecule has 1 aliphatic heterocycles. The smallest absolute Gasteiger partial charge is 0.163 e. The molecule has 0 aromatic heterocycles. The summed E-state index contributed by atoms with van der Waals surface area (Å²) in [5, 5.41) is 8.78. The Morgan fingerprint density at radius 3 is 2.42 bits per heavy atom. The summed E-state index contributed by atoms with van der Waals surface area (Å²) in [7, 11) is 0. The van der Waals surface area contributed by atoms with Gasteiger partial charge in [0.05, 0.1) is 5.88 Å². The Kier molecular flexibility index (Phi) is 1.98. The lowest BCUT2D eigenvalue weighted by Gasteiger charge is -2.32. The van der Waals surface area contributed by atoms with Gasteiger partial charge in [-0.25, -0.2) is 0 Å². The number of hydrogen-bond donors (Lipinski definition) is 1. The van der Waals surface area contributed by atoms with Crippen LogP contribution in [0.15, 0.2) is 24.3 Å². The zero-order chi connectivity index (χ0) is 8.55. The van der Waals surface area contributed by atoms with Gasteiger partial charge in [-0.3, -0.25) is 5.41 Å². The van der Waals surface area contributed by atoms with Gasteiger partial charge < -0.3 is 4.90 Å². The van der Waals surface area contributed by atoms with E-state index in [1.807, 2.05) is 29.2 Å². The van der Waals surface area contributed by atoms with E-state index in [1.54, 1.807) is 11.8 Å². The van der Waals surface area contributed by atoms with Crippen LogP contribution >= 0.6 is 23.4 Å². The third kappa shape index (κ3) is 1.30. The second-order valence-corrected chi connectivity index (χ2v) is 3.85. The highest BCUT2D eigenvalue weighted by Gasteiger charge is 2.21. The van der Waals surface area contributed by atoms with Crippen LogP contribution in [-0.4, -0.2) is 11.0 Å². The fourth-order valence-corrected chi connectivity index (χ4v) is 1.77. The first kappa shape index (κ1) is 7.95. The lowest BCUT2D eigenvalue weighted by Crippen LogP contribution is -2.37. The van der Waals surface area contributed by atoms with E-state index >= 15 is 0 Å². The summed E-state index contributed by atoms with van der Waals surface area (Å²) in [6.07, 6.45) is 0. The van der Waals surface area contributed by atoms with E-state index < -0.39 is 0 Å². The third-order valence-electron chi connectivity index (χ3n) is 1.71. The van der Waals surface area contributed by atoms with Gasteiger partial charge in [0.15, 0.2) is 5.17 Å². The maximum Gasteiger partial charge on any atom is 0.163 e. The van der Waals surface area contributed by atoms with Gasteiger partial charge in [0.2, 0.25) is 0 Å². The molecule has 1 N–H and O–H groups in total. The van der Waals surface area contributed by atoms with Crippen LogP contribution in [0.3, 0.4) is 0 Å². The van der Waals surface area contributed by atoms with Crippen molar-refractivity contribution >= 4 is 34.2 Å². The van der Waals surface area contributed by atoms with Gasteiger partial charge in [-0.1, -0.05) is 23.4 Å². The van der Waals surface area contributed by atoms with E-state index in [-0.39, 0.29) is 0 Å². The molecule has 1 heterocycles. The number of hydrogen-bond acceptors (Lipinski definition) is 2. The van der Waals surface area contributed by atoms with E-state index in [0.29, 0.717) is 5.17 Å². The molecular formula is C8H7ClN2S. The van der Waals surface area contributed by atoms with Gasteiger partial charge >= 0.3 is 0 Å². The van der Waals surface area contributed by atoms with Crippen molar-refractivity contribution in [3.05, 3.63) is 29.3 Å². The molecule has 1 aliphatic rings. The molecule has 0 saturated carbocycles. The first-order valence-electron chi connectivity index (χ1n) is 3.52. The molecule has 1 fully saturated rings. The van der Waals surface area contributed by atoms with Crippen molar-refractivity contribution in [2.75, 3.05) is 10.8 Å². The molecule has 4 heteroatoms. The van der Waals surface area contributed by atoms with Crippen LogP contribution in [0.2, 0.25) is 5.02 Å². The number of rotatable bonds is 1. The van der Waals surface area contributed by atoms with Gasteiger partial charge in [0.25, 0.3) is 0 Å². The van der Waals surface area contributed by atoms with Crippen molar-refractivity contribution in [3.63, 3.8) is 0 Å². The predicted octanol–water partition coefficient (Wildman–Crippen LogP) is 2.79. The van der Waals surface area contributed by atoms with Crippen molar-refractivity contribution < 1.29 is 0 Å². The monoisotopic (exact) mass is 198 g/mol. The highest BCUT2D eigenvalue weighted by atomic mass is 35.5. The van der Waals surface area contributed by atoms with E-state index in [1.165, 1.54) is 0 Å². The van der Waals surface area contributed by atoms with Gasteiger partial charge in [-0.05, 0) is 24.3 Å². The van der Waals surface area contributed by atoms with E-state index in [4.69, 9.17) is 17.0 Å². The van der Waals surface area contributed by atoms with Gasteiger partial charge in [0.1, 0.15) is 0 Å². The minimum Gasteiger partial charge on any atom is -0.311 e. The Bertz CT molecular complexity index is 309. The zero-order valence-electron chi connectivity index (χ0n) is 6.25. The van der Waals surface area contributed by atoms with E-state index in [2.05, 4.69) is 0 Å². The van der Waals surface area contributed by atoms with Gasteiger partial charge in [0, 0.05) is 10.7 Å². The lowest BCUT2D eigenvalue weighted by molar-refractivity contribution is 1.19. The molecular weight excluding hydrogens is 192 g/mol. The lowest BCUT2D eigenvalue weighted by atomic mass is 10.3. The highest BCUT2D eigenvalue weighted by Crippen LogP contribution is 2.29. The SMILES string of the molecule is N=C1SCN1c1ccc(Cl)cc1. The maximum atomic E-state index is 7.43. The summed E-state index contributed by atoms with van der Waals surface area (Å²) >= 11 is 7.28. The normalized spacial score (nSPS) is 16.1. The van der Waals surface area contributed by atoms with Crippen LogP contribution in [0.25, 0.3) is 0 Å². The second-order valence-electron chi connectivity index (χ2n) is 2.48. The van der Waals surface area contributed by atoms with Crippen LogP contribution in [0.1, 0.15) is 0 Å². The number of amidine groups is 1. The number of thioether (sulfide) groups is 1. The standard InChI is InChI=1S/C8H7ClN2S/c9-6-1-3-7(4-2-6)11-5-12-8(11)10/h1-4,10H,5H2. The molecule has 62 valence electrons. The average Bonchev–Trinajstić information content (AvgIpc) is 2.06. The van der Waals surface area contributed by atoms with Crippen molar-refractivity contribution in [3.8, 4) is 0 Å². The summed E-state index contributed by atoms with van der Waals surface area (Å²) < 4.78 is 0. The van der Waals surface area contributed by atoms with Crippen molar-refractivity contribution in [2.24, 2.45) is 0 Å². The summed E-state index contributed by atoms with van der Waals surface area (Å²) in [5.74, 6) is 0.875. The topological polar surface area (TPSA) is 27.1 Å². The number of nitrogens with zero attached hydrogens (tertiary/aromatic N) is 1. The van der Waals surface area contributed by atoms with Crippen molar-refractivity contribution in [1.29, 1.82) is 5.41 Å². The number of benzene rings is 1. The van der Waals surface area contributed by atoms with Crippen LogP contribution in [0.5, 0.6) is 0 Å². The average molecular weight is 199 g/mol. The fraction of sp³-hybridized carbons (Fsp3) is 0.125. The first-order valence-corrected chi connectivity index (χ1v) is 4.88. The minimum atomic E-state index is 0.609. The molecule has 0 aliphatic carbocycles. The second kappa shape index (κ2) is 2.99. The van der Waals surface area contributed by atoms with Gasteiger partial charge in [-0.15, -0.1) is 0 Å². The summed E-state index contributed by atoms with van der Waals surface area (Å²) in [6, 6.07) is 7.54. The molecule has 0 unspecified atom stereocenters. The Labute approximate surface area is 80.0 Å². The molecule has 0 amide bonds. The molecule has 1 saturated heterocycles. The number of halogens is 1. The summed E-state index contributed by atoms with van der Waals surface area (Å²) in [6.45, 7) is 0. The van der Waals surface area contributed by atoms with Crippen LogP contribution < -0.4 is 4.90 Å². The van der Waals surface area contributed by atoms with Gasteiger partial charge in [-0.2, -0.15) is 0 Å². The van der Waals surface area contributed by atoms with E-state index in [9.17, 15) is 0 Å². The van der Waals surface area contributed by atoms with Crippen molar-refractivity contribution in [2.45, 2.75) is 0 Å². The van der Waals surface area contributed by atoms with Crippen molar-refractivity contribution in [1.82, 2.24) is 0 Å². The molecule has 0 radical (unpaired) electrons. The van der Waals surface area contributed by atoms with E-state index in [0.717, 1.165) is 16.6 Å². The molecule has 12 heavy (non-hydrogen) atoms. The Balaban J connectivity index is 2.23. The maximum absolute atomic E-state index is 7.43. The summed E-state index contributed by atoms with van der Waals surface area (Å²) in [5.41, 5.74) is 1.04. The Morgan fingerprint density at radius 1 is 1.33 bits per heavy atom. The fourth-order valence-electron chi connectivity index (χ4n) is 1.01. The number of anilines is 1. The third-order valence-corrected chi connectivity index (χ3v) is 2.85. The quantitative estimate of drug-likeness (QED) is 0.752. The first-order chi connectivity index (χ1) is 5.77. The molecule has 0 bridgehead atoms. The van der Waals surface area contributed by atoms with Crippen LogP contribution in [0.4, 0.5) is 5.69 Å². The summed E-state index contributed by atoms with van der Waals surface area (Å²) in [4.78, 5) is 1.93. The van der Waals surface area contributed by atoms with Crippen LogP contribution in [0, 0.1) is 5.41 Å². The molecule has 2 rings (SSSR count). The Morgan fingerprint density at radius 2 is 2.00 bits per heavy atom. The molecule has 1 aromatic carbocycles. The minimum absolute atomic E-state index is 0.609. The number of nitrogens with one attached hydrogen (secondary N) is 1. The molecule has 2 nitrogen and oxygen atoms in total. The molecule has 1 aromatic rings.